The smallest absolute Gasteiger partial charge is 0.306 e. The van der Waals surface area contributed by atoms with Crippen LogP contribution in [0.25, 0.3) is 0 Å². The highest BCUT2D eigenvalue weighted by Gasteiger charge is 2.19. The van der Waals surface area contributed by atoms with Gasteiger partial charge in [0.05, 0.1) is 0 Å². The molecule has 0 aromatic rings. The molecule has 0 aliphatic rings. The fourth-order valence-corrected chi connectivity index (χ4v) is 10.2. The van der Waals surface area contributed by atoms with Crippen molar-refractivity contribution in [2.45, 2.75) is 374 Å². The highest BCUT2D eigenvalue weighted by Crippen LogP contribution is 2.18. The van der Waals surface area contributed by atoms with Crippen molar-refractivity contribution >= 4 is 17.9 Å². The zero-order valence-corrected chi connectivity index (χ0v) is 51.7. The Bertz CT molecular complexity index is 1330. The molecule has 0 rings (SSSR count). The summed E-state index contributed by atoms with van der Waals surface area (Å²) < 4.78 is 17.0. The number of rotatable bonds is 63. The molecule has 450 valence electrons. The van der Waals surface area contributed by atoms with Gasteiger partial charge in [-0.15, -0.1) is 0 Å². The minimum atomic E-state index is -0.780. The first-order valence-electron chi connectivity index (χ1n) is 34.1. The van der Waals surface area contributed by atoms with Crippen LogP contribution in [-0.4, -0.2) is 37.2 Å². The minimum Gasteiger partial charge on any atom is -0.462 e. The molecule has 0 aliphatic carbocycles. The zero-order chi connectivity index (χ0) is 55.7. The van der Waals surface area contributed by atoms with E-state index in [2.05, 4.69) is 69.4 Å². The van der Waals surface area contributed by atoms with Gasteiger partial charge >= 0.3 is 17.9 Å². The molecule has 1 atom stereocenters. The van der Waals surface area contributed by atoms with Gasteiger partial charge in [-0.3, -0.25) is 14.4 Å². The second kappa shape index (κ2) is 65.9. The highest BCUT2D eigenvalue weighted by molar-refractivity contribution is 5.71. The van der Waals surface area contributed by atoms with Crippen LogP contribution in [0.4, 0.5) is 0 Å². The van der Waals surface area contributed by atoms with E-state index < -0.39 is 6.10 Å². The second-order valence-electron chi connectivity index (χ2n) is 23.1. The Labute approximate surface area is 479 Å². The summed E-state index contributed by atoms with van der Waals surface area (Å²) in [5.74, 6) is -0.867. The van der Waals surface area contributed by atoms with Crippen molar-refractivity contribution < 1.29 is 28.6 Å². The molecule has 0 fully saturated rings. The van der Waals surface area contributed by atoms with Gasteiger partial charge in [0.1, 0.15) is 13.2 Å². The van der Waals surface area contributed by atoms with Gasteiger partial charge in [0.15, 0.2) is 6.10 Å². The first kappa shape index (κ1) is 74.4. The third kappa shape index (κ3) is 64.1. The first-order valence-corrected chi connectivity index (χ1v) is 34.1. The molecule has 0 N–H and O–H groups in total. The summed E-state index contributed by atoms with van der Waals surface area (Å²) in [5, 5.41) is 0. The second-order valence-corrected chi connectivity index (χ2v) is 23.1. The van der Waals surface area contributed by atoms with Crippen molar-refractivity contribution in [1.82, 2.24) is 0 Å². The molecular formula is C71H130O6. The lowest BCUT2D eigenvalue weighted by Crippen LogP contribution is -2.30. The number of hydrogen-bond donors (Lipinski definition) is 0. The minimum absolute atomic E-state index is 0.0759. The number of unbranched alkanes of at least 4 members (excludes halogenated alkanes) is 44. The molecule has 0 bridgehead atoms. The monoisotopic (exact) mass is 1080 g/mol. The molecule has 0 spiro atoms. The van der Waals surface area contributed by atoms with Crippen LogP contribution in [0, 0.1) is 0 Å². The van der Waals surface area contributed by atoms with Crippen molar-refractivity contribution in [3.63, 3.8) is 0 Å². The van der Waals surface area contributed by atoms with Crippen LogP contribution >= 0.6 is 0 Å². The van der Waals surface area contributed by atoms with E-state index in [-0.39, 0.29) is 31.1 Å². The normalized spacial score (nSPS) is 12.3. The Hall–Kier alpha value is -2.63. The largest absolute Gasteiger partial charge is 0.462 e. The highest BCUT2D eigenvalue weighted by atomic mass is 16.6. The molecule has 0 amide bonds. The Kier molecular flexibility index (Phi) is 63.6. The summed E-state index contributed by atoms with van der Waals surface area (Å²) in [6, 6.07) is 0. The van der Waals surface area contributed by atoms with Gasteiger partial charge in [-0.1, -0.05) is 313 Å². The molecule has 1 unspecified atom stereocenters. The topological polar surface area (TPSA) is 78.9 Å². The van der Waals surface area contributed by atoms with Crippen molar-refractivity contribution in [2.24, 2.45) is 0 Å². The van der Waals surface area contributed by atoms with Crippen molar-refractivity contribution in [3.05, 3.63) is 48.6 Å². The predicted octanol–water partition coefficient (Wildman–Crippen LogP) is 23.3. The number of hydrogen-bond acceptors (Lipinski definition) is 6. The summed E-state index contributed by atoms with van der Waals surface area (Å²) in [4.78, 5) is 38.4. The molecule has 6 heteroatoms. The molecular weight excluding hydrogens is 949 g/mol. The summed E-state index contributed by atoms with van der Waals surface area (Å²) in [5.41, 5.74) is 0. The predicted molar refractivity (Wildman–Crippen MR) is 335 cm³/mol. The summed E-state index contributed by atoms with van der Waals surface area (Å²) in [7, 11) is 0. The van der Waals surface area contributed by atoms with E-state index in [1.54, 1.807) is 0 Å². The molecule has 0 saturated carbocycles. The van der Waals surface area contributed by atoms with Crippen LogP contribution in [0.2, 0.25) is 0 Å². The Morgan fingerprint density at radius 1 is 0.260 bits per heavy atom. The average molecular weight is 1080 g/mol. The van der Waals surface area contributed by atoms with E-state index in [1.165, 1.54) is 250 Å². The zero-order valence-electron chi connectivity index (χ0n) is 51.7. The van der Waals surface area contributed by atoms with Gasteiger partial charge in [-0.05, 0) is 83.5 Å². The number of esters is 3. The van der Waals surface area contributed by atoms with Crippen LogP contribution in [0.15, 0.2) is 48.6 Å². The van der Waals surface area contributed by atoms with E-state index in [0.717, 1.165) is 77.0 Å². The van der Waals surface area contributed by atoms with E-state index in [0.29, 0.717) is 19.3 Å². The summed E-state index contributed by atoms with van der Waals surface area (Å²) >= 11 is 0. The number of carbonyl (C=O) groups is 3. The van der Waals surface area contributed by atoms with Crippen LogP contribution in [0.1, 0.15) is 367 Å². The van der Waals surface area contributed by atoms with E-state index in [1.807, 2.05) is 0 Å². The van der Waals surface area contributed by atoms with Crippen LogP contribution in [-0.2, 0) is 28.6 Å². The quantitative estimate of drug-likeness (QED) is 0.0261. The fraction of sp³-hybridized carbons (Fsp3) is 0.845. The number of carbonyl (C=O) groups excluding carboxylic acids is 3. The van der Waals surface area contributed by atoms with Gasteiger partial charge < -0.3 is 14.2 Å². The number of ether oxygens (including phenoxy) is 3. The van der Waals surface area contributed by atoms with E-state index >= 15 is 0 Å². The number of allylic oxidation sites excluding steroid dienone is 8. The van der Waals surface area contributed by atoms with Gasteiger partial charge in [0.2, 0.25) is 0 Å². The Balaban J connectivity index is 4.36. The van der Waals surface area contributed by atoms with Crippen molar-refractivity contribution in [2.75, 3.05) is 13.2 Å². The lowest BCUT2D eigenvalue weighted by molar-refractivity contribution is -0.167. The molecule has 0 aliphatic heterocycles. The maximum Gasteiger partial charge on any atom is 0.306 e. The van der Waals surface area contributed by atoms with E-state index in [4.69, 9.17) is 14.2 Å². The Morgan fingerprint density at radius 3 is 0.740 bits per heavy atom. The van der Waals surface area contributed by atoms with Gasteiger partial charge in [-0.2, -0.15) is 0 Å². The summed E-state index contributed by atoms with van der Waals surface area (Å²) in [6.45, 7) is 6.68. The third-order valence-corrected chi connectivity index (χ3v) is 15.3. The maximum absolute atomic E-state index is 12.9. The molecule has 77 heavy (non-hydrogen) atoms. The lowest BCUT2D eigenvalue weighted by atomic mass is 10.0. The van der Waals surface area contributed by atoms with E-state index in [9.17, 15) is 14.4 Å². The average Bonchev–Trinajstić information content (AvgIpc) is 3.43. The molecule has 0 aromatic carbocycles. The molecule has 0 aromatic heterocycles. The molecule has 0 heterocycles. The fourth-order valence-electron chi connectivity index (χ4n) is 10.2. The Morgan fingerprint density at radius 2 is 0.468 bits per heavy atom. The van der Waals surface area contributed by atoms with Crippen LogP contribution < -0.4 is 0 Å². The van der Waals surface area contributed by atoms with Gasteiger partial charge in [0, 0.05) is 19.3 Å². The van der Waals surface area contributed by atoms with Crippen molar-refractivity contribution in [3.8, 4) is 0 Å². The summed E-state index contributed by atoms with van der Waals surface area (Å²) in [6.07, 6.45) is 82.6. The van der Waals surface area contributed by atoms with Crippen LogP contribution in [0.5, 0.6) is 0 Å². The lowest BCUT2D eigenvalue weighted by Gasteiger charge is -2.18. The first-order chi connectivity index (χ1) is 38.0. The maximum atomic E-state index is 12.9. The van der Waals surface area contributed by atoms with Crippen molar-refractivity contribution in [1.29, 1.82) is 0 Å². The molecule has 0 saturated heterocycles. The SMILES string of the molecule is CCCCCCC/C=C\C/C=C\C/C=C\CCCCCCCCC(=O)OCC(COC(=O)CCCCCCCCC/C=C\CCCCCCCCC)OC(=O)CCCCCCCCCCCCCCCCCCCCCC. The van der Waals surface area contributed by atoms with Gasteiger partial charge in [0.25, 0.3) is 0 Å². The molecule has 0 radical (unpaired) electrons. The molecule has 6 nitrogen and oxygen atoms in total. The third-order valence-electron chi connectivity index (χ3n) is 15.3. The standard InChI is InChI=1S/C71H130O6/c1-4-7-10-13-16-19-22-25-28-31-34-36-38-40-43-46-49-52-55-58-61-64-70(73)76-67-68(66-75-69(72)63-60-57-54-51-48-45-42-39-33-30-27-24-21-18-15-12-9-6-3)77-71(74)65-62-59-56-53-50-47-44-41-37-35-32-29-26-23-20-17-14-11-8-5-2/h22,25,30-31,33-34,38,40,68H,4-21,23-24,26-29,32,35-37,39,41-67H2,1-3H3/b25-22-,33-30-,34-31-,40-38-. The van der Waals surface area contributed by atoms with Gasteiger partial charge in [-0.25, -0.2) is 0 Å². The van der Waals surface area contributed by atoms with Crippen LogP contribution in [0.3, 0.4) is 0 Å².